The normalized spacial score (nSPS) is 12.5. The molecule has 0 saturated heterocycles. The summed E-state index contributed by atoms with van der Waals surface area (Å²) in [5.41, 5.74) is 3.97. The molecule has 0 saturated carbocycles. The van der Waals surface area contributed by atoms with E-state index in [2.05, 4.69) is 5.32 Å². The molecule has 3 aromatic rings. The summed E-state index contributed by atoms with van der Waals surface area (Å²) < 4.78 is 4.84. The Kier molecular flexibility index (Phi) is 6.01. The van der Waals surface area contributed by atoms with E-state index in [1.165, 1.54) is 23.8 Å². The van der Waals surface area contributed by atoms with E-state index in [9.17, 15) is 14.4 Å². The summed E-state index contributed by atoms with van der Waals surface area (Å²) in [7, 11) is 1.30. The lowest BCUT2D eigenvalue weighted by atomic mass is 10.1. The molecule has 2 amide bonds. The van der Waals surface area contributed by atoms with E-state index in [0.29, 0.717) is 22.5 Å². The van der Waals surface area contributed by atoms with Crippen molar-refractivity contribution >= 4 is 40.9 Å². The van der Waals surface area contributed by atoms with Crippen molar-refractivity contribution in [2.45, 2.75) is 23.6 Å². The monoisotopic (exact) mass is 446 g/mol. The predicted molar refractivity (Wildman–Crippen MR) is 125 cm³/mol. The Bertz CT molecular complexity index is 1240. The van der Waals surface area contributed by atoms with Gasteiger partial charge in [0.2, 0.25) is 5.91 Å². The number of methoxy groups -OCH3 is 1. The molecule has 1 heterocycles. The van der Waals surface area contributed by atoms with Crippen molar-refractivity contribution in [3.63, 3.8) is 0 Å². The van der Waals surface area contributed by atoms with Gasteiger partial charge in [0.1, 0.15) is 6.54 Å². The highest BCUT2D eigenvalue weighted by atomic mass is 32.2. The SMILES string of the molecule is COC(=O)c1ccc2c(c1)N(CC(=O)Nc1cc(C)ccc1C)C(=O)c1ccccc1S2. The Morgan fingerprint density at radius 1 is 1.00 bits per heavy atom. The molecule has 0 fully saturated rings. The summed E-state index contributed by atoms with van der Waals surface area (Å²) in [6.07, 6.45) is 0. The van der Waals surface area contributed by atoms with Crippen LogP contribution in [0, 0.1) is 13.8 Å². The molecule has 0 spiro atoms. The number of nitrogens with zero attached hydrogens (tertiary/aromatic N) is 1. The van der Waals surface area contributed by atoms with Gasteiger partial charge in [-0.05, 0) is 61.4 Å². The van der Waals surface area contributed by atoms with Crippen LogP contribution in [0.5, 0.6) is 0 Å². The van der Waals surface area contributed by atoms with Crippen LogP contribution in [-0.2, 0) is 9.53 Å². The fourth-order valence-electron chi connectivity index (χ4n) is 3.53. The summed E-state index contributed by atoms with van der Waals surface area (Å²) in [5, 5.41) is 2.91. The highest BCUT2D eigenvalue weighted by molar-refractivity contribution is 7.99. The van der Waals surface area contributed by atoms with Gasteiger partial charge in [0.15, 0.2) is 0 Å². The second kappa shape index (κ2) is 8.88. The topological polar surface area (TPSA) is 75.7 Å². The van der Waals surface area contributed by atoms with E-state index in [1.807, 2.05) is 44.2 Å². The Morgan fingerprint density at radius 3 is 2.56 bits per heavy atom. The molecule has 0 unspecified atom stereocenters. The van der Waals surface area contributed by atoms with E-state index >= 15 is 0 Å². The molecule has 1 aliphatic rings. The Balaban J connectivity index is 1.73. The smallest absolute Gasteiger partial charge is 0.337 e. The molecule has 1 N–H and O–H groups in total. The zero-order valence-electron chi connectivity index (χ0n) is 18.0. The molecule has 0 atom stereocenters. The van der Waals surface area contributed by atoms with E-state index in [-0.39, 0.29) is 18.4 Å². The van der Waals surface area contributed by atoms with Gasteiger partial charge in [0, 0.05) is 15.5 Å². The zero-order chi connectivity index (χ0) is 22.8. The number of hydrogen-bond acceptors (Lipinski definition) is 5. The number of benzene rings is 3. The van der Waals surface area contributed by atoms with Crippen molar-refractivity contribution in [1.82, 2.24) is 0 Å². The molecule has 32 heavy (non-hydrogen) atoms. The fourth-order valence-corrected chi connectivity index (χ4v) is 4.58. The van der Waals surface area contributed by atoms with E-state index in [4.69, 9.17) is 4.74 Å². The van der Waals surface area contributed by atoms with Gasteiger partial charge < -0.3 is 10.1 Å². The molecule has 4 rings (SSSR count). The van der Waals surface area contributed by atoms with Crippen LogP contribution in [0.15, 0.2) is 70.5 Å². The fraction of sp³-hybridized carbons (Fsp3) is 0.160. The molecule has 0 radical (unpaired) electrons. The zero-order valence-corrected chi connectivity index (χ0v) is 18.8. The van der Waals surface area contributed by atoms with Crippen LogP contribution in [0.1, 0.15) is 31.8 Å². The lowest BCUT2D eigenvalue weighted by Crippen LogP contribution is -2.38. The van der Waals surface area contributed by atoms with Crippen molar-refractivity contribution in [2.24, 2.45) is 0 Å². The van der Waals surface area contributed by atoms with Gasteiger partial charge in [-0.3, -0.25) is 14.5 Å². The summed E-state index contributed by atoms with van der Waals surface area (Å²) >= 11 is 1.43. The third-order valence-corrected chi connectivity index (χ3v) is 6.36. The Hall–Kier alpha value is -3.58. The van der Waals surface area contributed by atoms with Crippen LogP contribution in [0.2, 0.25) is 0 Å². The highest BCUT2D eigenvalue weighted by Gasteiger charge is 2.29. The molecule has 3 aromatic carbocycles. The Morgan fingerprint density at radius 2 is 1.78 bits per heavy atom. The average molecular weight is 447 g/mol. The van der Waals surface area contributed by atoms with Gasteiger partial charge in [-0.2, -0.15) is 0 Å². The minimum Gasteiger partial charge on any atom is -0.465 e. The number of carbonyl (C=O) groups is 3. The van der Waals surface area contributed by atoms with Gasteiger partial charge in [0.25, 0.3) is 5.91 Å². The summed E-state index contributed by atoms with van der Waals surface area (Å²) in [6.45, 7) is 3.67. The Labute approximate surface area is 190 Å². The number of rotatable bonds is 4. The summed E-state index contributed by atoms with van der Waals surface area (Å²) in [5.74, 6) is -1.14. The first-order valence-electron chi connectivity index (χ1n) is 10.1. The quantitative estimate of drug-likeness (QED) is 0.581. The van der Waals surface area contributed by atoms with Crippen LogP contribution < -0.4 is 10.2 Å². The van der Waals surface area contributed by atoms with Gasteiger partial charge in [0.05, 0.1) is 23.9 Å². The largest absolute Gasteiger partial charge is 0.465 e. The molecule has 0 bridgehead atoms. The maximum absolute atomic E-state index is 13.5. The predicted octanol–water partition coefficient (Wildman–Crippen LogP) is 4.84. The van der Waals surface area contributed by atoms with Crippen molar-refractivity contribution in [3.8, 4) is 0 Å². The van der Waals surface area contributed by atoms with Crippen molar-refractivity contribution in [1.29, 1.82) is 0 Å². The first-order chi connectivity index (χ1) is 15.4. The molecular weight excluding hydrogens is 424 g/mol. The summed E-state index contributed by atoms with van der Waals surface area (Å²) in [6, 6.07) is 18.1. The van der Waals surface area contributed by atoms with Crippen LogP contribution in [0.3, 0.4) is 0 Å². The molecule has 162 valence electrons. The molecule has 7 heteroatoms. The minimum atomic E-state index is -0.508. The number of ether oxygens (including phenoxy) is 1. The van der Waals surface area contributed by atoms with Crippen LogP contribution in [-0.4, -0.2) is 31.4 Å². The number of aryl methyl sites for hydroxylation is 2. The highest BCUT2D eigenvalue weighted by Crippen LogP contribution is 2.41. The van der Waals surface area contributed by atoms with Gasteiger partial charge in [-0.1, -0.05) is 36.0 Å². The first kappa shape index (κ1) is 21.6. The second-order valence-electron chi connectivity index (χ2n) is 7.53. The van der Waals surface area contributed by atoms with E-state index in [1.54, 1.807) is 30.3 Å². The van der Waals surface area contributed by atoms with Crippen molar-refractivity contribution in [3.05, 3.63) is 82.9 Å². The molecule has 0 aliphatic carbocycles. The average Bonchev–Trinajstić information content (AvgIpc) is 2.90. The van der Waals surface area contributed by atoms with Gasteiger partial charge in [-0.15, -0.1) is 0 Å². The van der Waals surface area contributed by atoms with Gasteiger partial charge >= 0.3 is 5.97 Å². The molecular formula is C25H22N2O4S. The molecule has 0 aromatic heterocycles. The van der Waals surface area contributed by atoms with E-state index < -0.39 is 5.97 Å². The summed E-state index contributed by atoms with van der Waals surface area (Å²) in [4.78, 5) is 41.6. The second-order valence-corrected chi connectivity index (χ2v) is 8.61. The van der Waals surface area contributed by atoms with Crippen LogP contribution in [0.25, 0.3) is 0 Å². The molecule has 1 aliphatic heterocycles. The number of carbonyl (C=O) groups excluding carboxylic acids is 3. The number of hydrogen-bond donors (Lipinski definition) is 1. The standard InChI is InChI=1S/C25H22N2O4S/c1-15-8-9-16(2)19(12-15)26-23(28)14-27-20-13-17(25(30)31-3)10-11-22(20)32-21-7-5-4-6-18(21)24(27)29/h4-13H,14H2,1-3H3,(H,26,28). The van der Waals surface area contributed by atoms with Crippen LogP contribution in [0.4, 0.5) is 11.4 Å². The number of esters is 1. The number of amides is 2. The lowest BCUT2D eigenvalue weighted by molar-refractivity contribution is -0.114. The third kappa shape index (κ3) is 4.24. The van der Waals surface area contributed by atoms with Gasteiger partial charge in [-0.25, -0.2) is 4.79 Å². The number of fused-ring (bicyclic) bond motifs is 2. The van der Waals surface area contributed by atoms with Crippen molar-refractivity contribution < 1.29 is 19.1 Å². The van der Waals surface area contributed by atoms with Crippen molar-refractivity contribution in [2.75, 3.05) is 23.9 Å². The van der Waals surface area contributed by atoms with Crippen LogP contribution >= 0.6 is 11.8 Å². The number of nitrogens with one attached hydrogen (secondary N) is 1. The third-order valence-electron chi connectivity index (χ3n) is 5.22. The maximum atomic E-state index is 13.5. The molecule has 6 nitrogen and oxygen atoms in total. The minimum absolute atomic E-state index is 0.196. The number of anilines is 2. The first-order valence-corrected chi connectivity index (χ1v) is 10.9. The van der Waals surface area contributed by atoms with E-state index in [0.717, 1.165) is 20.9 Å². The lowest BCUT2D eigenvalue weighted by Gasteiger charge is -2.23. The maximum Gasteiger partial charge on any atom is 0.337 e.